The summed E-state index contributed by atoms with van der Waals surface area (Å²) >= 11 is 0. The zero-order valence-corrected chi connectivity index (χ0v) is 6.89. The van der Waals surface area contributed by atoms with Gasteiger partial charge in [0.25, 0.3) is 5.91 Å². The number of carbonyl (C=O) groups excluding carboxylic acids is 2. The fourth-order valence-corrected chi connectivity index (χ4v) is 1.21. The van der Waals surface area contributed by atoms with Crippen LogP contribution in [-0.2, 0) is 9.59 Å². The fourth-order valence-electron chi connectivity index (χ4n) is 1.21. The Morgan fingerprint density at radius 2 is 1.79 bits per heavy atom. The predicted molar refractivity (Wildman–Crippen MR) is 40.8 cm³/mol. The maximum Gasteiger partial charge on any atom is 0.289 e. The van der Waals surface area contributed by atoms with Gasteiger partial charge in [-0.2, -0.15) is 15.8 Å². The summed E-state index contributed by atoms with van der Waals surface area (Å²) in [5.41, 5.74) is 0. The number of amides is 1. The third kappa shape index (κ3) is 1.28. The van der Waals surface area contributed by atoms with Crippen molar-refractivity contribution in [3.05, 3.63) is 0 Å². The van der Waals surface area contributed by atoms with E-state index >= 15 is 0 Å². The SMILES string of the molecule is N#CC(C#N)C1NC(=O)C(=O)C1C#N. The van der Waals surface area contributed by atoms with Crippen molar-refractivity contribution in [2.24, 2.45) is 11.8 Å². The van der Waals surface area contributed by atoms with Gasteiger partial charge < -0.3 is 5.32 Å². The van der Waals surface area contributed by atoms with Crippen LogP contribution in [0, 0.1) is 45.8 Å². The normalized spacial score (nSPS) is 25.0. The number of ketones is 1. The van der Waals surface area contributed by atoms with E-state index in [-0.39, 0.29) is 0 Å². The summed E-state index contributed by atoms with van der Waals surface area (Å²) in [7, 11) is 0. The Hall–Kier alpha value is -2.39. The maximum atomic E-state index is 11.0. The molecule has 0 spiro atoms. The van der Waals surface area contributed by atoms with Crippen LogP contribution in [0.25, 0.3) is 0 Å². The molecule has 6 heteroatoms. The van der Waals surface area contributed by atoms with Gasteiger partial charge in [-0.15, -0.1) is 0 Å². The first-order valence-corrected chi connectivity index (χ1v) is 3.69. The fraction of sp³-hybridized carbons (Fsp3) is 0.375. The third-order valence-electron chi connectivity index (χ3n) is 1.94. The van der Waals surface area contributed by atoms with E-state index < -0.39 is 29.6 Å². The van der Waals surface area contributed by atoms with Crippen molar-refractivity contribution in [1.82, 2.24) is 5.32 Å². The van der Waals surface area contributed by atoms with Crippen LogP contribution in [0.3, 0.4) is 0 Å². The summed E-state index contributed by atoms with van der Waals surface area (Å²) in [6.07, 6.45) is 0. The Kier molecular flexibility index (Phi) is 2.46. The van der Waals surface area contributed by atoms with Crippen LogP contribution < -0.4 is 5.32 Å². The Labute approximate surface area is 79.3 Å². The highest BCUT2D eigenvalue weighted by Gasteiger charge is 2.45. The third-order valence-corrected chi connectivity index (χ3v) is 1.94. The highest BCUT2D eigenvalue weighted by atomic mass is 16.2. The van der Waals surface area contributed by atoms with Gasteiger partial charge in [-0.05, 0) is 0 Å². The molecule has 0 radical (unpaired) electrons. The molecule has 68 valence electrons. The molecule has 1 aliphatic heterocycles. The minimum atomic E-state index is -1.23. The van der Waals surface area contributed by atoms with E-state index in [1.165, 1.54) is 0 Å². The van der Waals surface area contributed by atoms with E-state index in [1.54, 1.807) is 18.2 Å². The number of hydrogen-bond donors (Lipinski definition) is 1. The molecule has 14 heavy (non-hydrogen) atoms. The molecule has 2 atom stereocenters. The van der Waals surface area contributed by atoms with Gasteiger partial charge in [0.2, 0.25) is 5.78 Å². The molecule has 0 aromatic rings. The predicted octanol–water partition coefficient (Wildman–Crippen LogP) is -1.14. The Balaban J connectivity index is 3.00. The first-order valence-electron chi connectivity index (χ1n) is 3.69. The molecule has 0 saturated carbocycles. The molecule has 0 aliphatic carbocycles. The molecule has 1 amide bonds. The monoisotopic (exact) mass is 188 g/mol. The molecule has 1 aliphatic rings. The van der Waals surface area contributed by atoms with Crippen LogP contribution in [0.15, 0.2) is 0 Å². The van der Waals surface area contributed by atoms with Crippen molar-refractivity contribution in [3.8, 4) is 18.2 Å². The lowest BCUT2D eigenvalue weighted by molar-refractivity contribution is -0.135. The van der Waals surface area contributed by atoms with E-state index in [2.05, 4.69) is 5.32 Å². The van der Waals surface area contributed by atoms with Gasteiger partial charge in [0.15, 0.2) is 5.92 Å². The summed E-state index contributed by atoms with van der Waals surface area (Å²) in [4.78, 5) is 21.9. The van der Waals surface area contributed by atoms with Gasteiger partial charge in [0, 0.05) is 0 Å². The number of hydrogen-bond acceptors (Lipinski definition) is 5. The van der Waals surface area contributed by atoms with E-state index in [1.807, 2.05) is 0 Å². The van der Waals surface area contributed by atoms with Crippen LogP contribution in [0.4, 0.5) is 0 Å². The summed E-state index contributed by atoms with van der Waals surface area (Å²) in [5.74, 6) is -4.19. The molecular weight excluding hydrogens is 184 g/mol. The van der Waals surface area contributed by atoms with Crippen LogP contribution in [-0.4, -0.2) is 17.7 Å². The number of nitrogens with zero attached hydrogens (tertiary/aromatic N) is 3. The Morgan fingerprint density at radius 1 is 1.21 bits per heavy atom. The van der Waals surface area contributed by atoms with Crippen LogP contribution in [0.1, 0.15) is 0 Å². The molecule has 1 fully saturated rings. The molecule has 0 aromatic heterocycles. The quantitative estimate of drug-likeness (QED) is 0.521. The summed E-state index contributed by atoms with van der Waals surface area (Å²) in [5, 5.41) is 27.8. The second-order valence-electron chi connectivity index (χ2n) is 2.71. The Morgan fingerprint density at radius 3 is 2.21 bits per heavy atom. The van der Waals surface area contributed by atoms with Crippen LogP contribution >= 0.6 is 0 Å². The molecule has 1 rings (SSSR count). The number of nitrogens with one attached hydrogen (secondary N) is 1. The van der Waals surface area contributed by atoms with E-state index in [0.717, 1.165) is 0 Å². The second kappa shape index (κ2) is 3.55. The number of rotatable bonds is 1. The van der Waals surface area contributed by atoms with Crippen LogP contribution in [0.5, 0.6) is 0 Å². The highest BCUT2D eigenvalue weighted by molar-refractivity contribution is 6.39. The minimum Gasteiger partial charge on any atom is -0.343 e. The lowest BCUT2D eigenvalue weighted by Crippen LogP contribution is -2.34. The van der Waals surface area contributed by atoms with Crippen molar-refractivity contribution in [2.75, 3.05) is 0 Å². The van der Waals surface area contributed by atoms with Gasteiger partial charge >= 0.3 is 0 Å². The topological polar surface area (TPSA) is 118 Å². The average molecular weight is 188 g/mol. The lowest BCUT2D eigenvalue weighted by atomic mass is 9.92. The van der Waals surface area contributed by atoms with Crippen molar-refractivity contribution >= 4 is 11.7 Å². The molecular formula is C8H4N4O2. The highest BCUT2D eigenvalue weighted by Crippen LogP contribution is 2.18. The minimum absolute atomic E-state index is 0.881. The standard InChI is InChI=1S/C8H4N4O2/c9-1-4(2-10)6-5(3-11)7(13)8(14)12-6/h4-6H,(H,12,14). The van der Waals surface area contributed by atoms with Crippen molar-refractivity contribution in [3.63, 3.8) is 0 Å². The number of Topliss-reactive ketones (excluding diaryl/α,β-unsaturated/α-hetero) is 1. The van der Waals surface area contributed by atoms with Gasteiger partial charge in [0.05, 0.1) is 24.2 Å². The molecule has 2 unspecified atom stereocenters. The molecule has 0 aromatic carbocycles. The van der Waals surface area contributed by atoms with Crippen LogP contribution in [0.2, 0.25) is 0 Å². The number of nitriles is 3. The average Bonchev–Trinajstić information content (AvgIpc) is 2.45. The Bertz CT molecular complexity index is 395. The van der Waals surface area contributed by atoms with Gasteiger partial charge in [-0.25, -0.2) is 0 Å². The van der Waals surface area contributed by atoms with Gasteiger partial charge in [-0.3, -0.25) is 9.59 Å². The van der Waals surface area contributed by atoms with Gasteiger partial charge in [-0.1, -0.05) is 0 Å². The van der Waals surface area contributed by atoms with E-state index in [0.29, 0.717) is 0 Å². The molecule has 1 N–H and O–H groups in total. The summed E-state index contributed by atoms with van der Waals surface area (Å²) < 4.78 is 0. The van der Waals surface area contributed by atoms with Crippen molar-refractivity contribution < 1.29 is 9.59 Å². The van der Waals surface area contributed by atoms with E-state index in [9.17, 15) is 9.59 Å². The molecule has 1 heterocycles. The maximum absolute atomic E-state index is 11.0. The molecule has 6 nitrogen and oxygen atoms in total. The smallest absolute Gasteiger partial charge is 0.289 e. The van der Waals surface area contributed by atoms with E-state index in [4.69, 9.17) is 15.8 Å². The van der Waals surface area contributed by atoms with Gasteiger partial charge in [0.1, 0.15) is 5.92 Å². The second-order valence-corrected chi connectivity index (χ2v) is 2.71. The molecule has 1 saturated heterocycles. The zero-order valence-electron chi connectivity index (χ0n) is 6.89. The summed E-state index contributed by atoms with van der Waals surface area (Å²) in [6.45, 7) is 0. The zero-order chi connectivity index (χ0) is 10.7. The first-order chi connectivity index (χ1) is 6.65. The first kappa shape index (κ1) is 9.70. The van der Waals surface area contributed by atoms with Crippen molar-refractivity contribution in [1.29, 1.82) is 15.8 Å². The van der Waals surface area contributed by atoms with Crippen molar-refractivity contribution in [2.45, 2.75) is 6.04 Å². The largest absolute Gasteiger partial charge is 0.343 e. The molecule has 0 bridgehead atoms. The lowest BCUT2D eigenvalue weighted by Gasteiger charge is -2.10. The number of carbonyl (C=O) groups is 2. The summed E-state index contributed by atoms with van der Waals surface area (Å²) in [6, 6.07) is 3.84.